The molecular formula is C15H27NO5. The highest BCUT2D eigenvalue weighted by Crippen LogP contribution is 2.20. The number of carbonyl (C=O) groups is 2. The van der Waals surface area contributed by atoms with E-state index in [-0.39, 0.29) is 12.5 Å². The lowest BCUT2D eigenvalue weighted by Crippen LogP contribution is -2.44. The lowest BCUT2D eigenvalue weighted by Gasteiger charge is -2.32. The Morgan fingerprint density at radius 3 is 2.48 bits per heavy atom. The summed E-state index contributed by atoms with van der Waals surface area (Å²) in [5.74, 6) is -0.729. The zero-order chi connectivity index (χ0) is 16.0. The van der Waals surface area contributed by atoms with Gasteiger partial charge < -0.3 is 19.5 Å². The van der Waals surface area contributed by atoms with E-state index >= 15 is 0 Å². The third-order valence-corrected chi connectivity index (χ3v) is 3.29. The highest BCUT2D eigenvalue weighted by Gasteiger charge is 2.31. The zero-order valence-electron chi connectivity index (χ0n) is 13.4. The number of aliphatic hydroxyl groups excluding tert-OH is 1. The minimum absolute atomic E-state index is 0.278. The molecule has 21 heavy (non-hydrogen) atoms. The van der Waals surface area contributed by atoms with E-state index < -0.39 is 23.7 Å². The standard InChI is InChI=1S/C15H27NO5/c1-5-20-13(18)11-6-7-12(17)8-9-16(10-11)14(19)21-15(2,3)4/h11-12,17H,5-10H2,1-4H3. The maximum absolute atomic E-state index is 12.2. The van der Waals surface area contributed by atoms with E-state index in [1.807, 2.05) is 0 Å². The van der Waals surface area contributed by atoms with Gasteiger partial charge in [0.25, 0.3) is 0 Å². The van der Waals surface area contributed by atoms with Gasteiger partial charge in [0, 0.05) is 13.1 Å². The molecule has 1 aliphatic heterocycles. The predicted octanol–water partition coefficient (Wildman–Crippen LogP) is 1.95. The van der Waals surface area contributed by atoms with E-state index in [9.17, 15) is 14.7 Å². The molecule has 0 aromatic heterocycles. The minimum Gasteiger partial charge on any atom is -0.466 e. The van der Waals surface area contributed by atoms with Gasteiger partial charge in [-0.3, -0.25) is 4.79 Å². The minimum atomic E-state index is -0.586. The van der Waals surface area contributed by atoms with E-state index in [1.165, 1.54) is 4.90 Å². The van der Waals surface area contributed by atoms with Crippen molar-refractivity contribution in [1.82, 2.24) is 4.90 Å². The molecule has 1 aliphatic rings. The Balaban J connectivity index is 2.75. The van der Waals surface area contributed by atoms with Gasteiger partial charge in [-0.25, -0.2) is 4.79 Å². The van der Waals surface area contributed by atoms with E-state index in [1.54, 1.807) is 27.7 Å². The average molecular weight is 301 g/mol. The van der Waals surface area contributed by atoms with Crippen LogP contribution in [0.1, 0.15) is 47.0 Å². The lowest BCUT2D eigenvalue weighted by atomic mass is 9.96. The molecule has 1 heterocycles. The van der Waals surface area contributed by atoms with Gasteiger partial charge in [0.2, 0.25) is 0 Å². The van der Waals surface area contributed by atoms with Crippen LogP contribution in [-0.4, -0.2) is 53.5 Å². The summed E-state index contributed by atoms with van der Waals surface area (Å²) in [6.07, 6.45) is 0.595. The molecule has 0 spiro atoms. The molecule has 0 aliphatic carbocycles. The van der Waals surface area contributed by atoms with Gasteiger partial charge in [-0.1, -0.05) is 0 Å². The van der Waals surface area contributed by atoms with Gasteiger partial charge in [-0.15, -0.1) is 0 Å². The molecule has 0 aromatic rings. The Bertz CT molecular complexity index is 364. The fourth-order valence-electron chi connectivity index (χ4n) is 2.24. The second-order valence-corrected chi connectivity index (χ2v) is 6.40. The monoisotopic (exact) mass is 301 g/mol. The van der Waals surface area contributed by atoms with E-state index in [4.69, 9.17) is 9.47 Å². The number of likely N-dealkylation sites (tertiary alicyclic amines) is 1. The molecule has 2 unspecified atom stereocenters. The summed E-state index contributed by atoms with van der Waals surface area (Å²) in [6, 6.07) is 0. The van der Waals surface area contributed by atoms with Crippen LogP contribution in [0.15, 0.2) is 0 Å². The Hall–Kier alpha value is -1.30. The number of rotatable bonds is 2. The second-order valence-electron chi connectivity index (χ2n) is 6.40. The SMILES string of the molecule is CCOC(=O)C1CCC(O)CCN(C(=O)OC(C)(C)C)C1. The van der Waals surface area contributed by atoms with Crippen molar-refractivity contribution in [3.8, 4) is 0 Å². The van der Waals surface area contributed by atoms with Crippen molar-refractivity contribution in [1.29, 1.82) is 0 Å². The highest BCUT2D eigenvalue weighted by molar-refractivity contribution is 5.74. The van der Waals surface area contributed by atoms with Crippen LogP contribution in [-0.2, 0) is 14.3 Å². The molecule has 1 N–H and O–H groups in total. The van der Waals surface area contributed by atoms with Gasteiger partial charge in [-0.2, -0.15) is 0 Å². The van der Waals surface area contributed by atoms with Crippen LogP contribution in [0.2, 0.25) is 0 Å². The molecule has 6 nitrogen and oxygen atoms in total. The fourth-order valence-corrected chi connectivity index (χ4v) is 2.24. The maximum atomic E-state index is 12.2. The van der Waals surface area contributed by atoms with Gasteiger partial charge >= 0.3 is 12.1 Å². The number of esters is 1. The largest absolute Gasteiger partial charge is 0.466 e. The molecule has 0 bridgehead atoms. The van der Waals surface area contributed by atoms with Crippen LogP contribution in [0.4, 0.5) is 4.79 Å². The predicted molar refractivity (Wildman–Crippen MR) is 77.8 cm³/mol. The third kappa shape index (κ3) is 6.33. The van der Waals surface area contributed by atoms with E-state index in [0.717, 1.165) is 0 Å². The molecule has 1 rings (SSSR count). The summed E-state index contributed by atoms with van der Waals surface area (Å²) < 4.78 is 10.4. The Morgan fingerprint density at radius 1 is 1.24 bits per heavy atom. The first kappa shape index (κ1) is 17.8. The summed E-state index contributed by atoms with van der Waals surface area (Å²) >= 11 is 0. The van der Waals surface area contributed by atoms with Gasteiger partial charge in [-0.05, 0) is 47.0 Å². The van der Waals surface area contributed by atoms with Crippen LogP contribution in [0, 0.1) is 5.92 Å². The summed E-state index contributed by atoms with van der Waals surface area (Å²) in [5.41, 5.74) is -0.586. The fraction of sp³-hybridized carbons (Fsp3) is 0.867. The van der Waals surface area contributed by atoms with Crippen molar-refractivity contribution in [3.05, 3.63) is 0 Å². The van der Waals surface area contributed by atoms with Crippen molar-refractivity contribution >= 4 is 12.1 Å². The lowest BCUT2D eigenvalue weighted by molar-refractivity contribution is -0.149. The normalized spacial score (nSPS) is 24.0. The molecule has 0 saturated carbocycles. The first-order chi connectivity index (χ1) is 9.73. The summed E-state index contributed by atoms with van der Waals surface area (Å²) in [4.78, 5) is 25.6. The zero-order valence-corrected chi connectivity index (χ0v) is 13.4. The number of ether oxygens (including phenoxy) is 2. The number of hydrogen-bond donors (Lipinski definition) is 1. The van der Waals surface area contributed by atoms with Crippen molar-refractivity contribution in [2.24, 2.45) is 5.92 Å². The van der Waals surface area contributed by atoms with Crippen LogP contribution in [0.3, 0.4) is 0 Å². The van der Waals surface area contributed by atoms with Crippen LogP contribution >= 0.6 is 0 Å². The Kier molecular flexibility index (Phi) is 6.45. The highest BCUT2D eigenvalue weighted by atomic mass is 16.6. The smallest absolute Gasteiger partial charge is 0.410 e. The van der Waals surface area contributed by atoms with Crippen molar-refractivity contribution in [2.45, 2.75) is 58.7 Å². The number of hydrogen-bond acceptors (Lipinski definition) is 5. The number of nitrogens with zero attached hydrogens (tertiary/aromatic N) is 1. The summed E-state index contributed by atoms with van der Waals surface area (Å²) in [7, 11) is 0. The third-order valence-electron chi connectivity index (χ3n) is 3.29. The van der Waals surface area contributed by atoms with Gasteiger partial charge in [0.1, 0.15) is 5.60 Å². The first-order valence-corrected chi connectivity index (χ1v) is 7.55. The summed E-state index contributed by atoms with van der Waals surface area (Å²) in [6.45, 7) is 8.12. The number of amides is 1. The second kappa shape index (κ2) is 7.64. The van der Waals surface area contributed by atoms with Crippen molar-refractivity contribution in [2.75, 3.05) is 19.7 Å². The van der Waals surface area contributed by atoms with Gasteiger partial charge in [0.15, 0.2) is 0 Å². The quantitative estimate of drug-likeness (QED) is 0.789. The Morgan fingerprint density at radius 2 is 1.90 bits per heavy atom. The van der Waals surface area contributed by atoms with E-state index in [2.05, 4.69) is 0 Å². The molecule has 1 saturated heterocycles. The van der Waals surface area contributed by atoms with Gasteiger partial charge in [0.05, 0.1) is 18.6 Å². The molecule has 0 aromatic carbocycles. The molecule has 1 amide bonds. The molecule has 1 fully saturated rings. The van der Waals surface area contributed by atoms with Crippen molar-refractivity contribution in [3.63, 3.8) is 0 Å². The maximum Gasteiger partial charge on any atom is 0.410 e. The number of aliphatic hydroxyl groups is 1. The summed E-state index contributed by atoms with van der Waals surface area (Å²) in [5, 5.41) is 9.84. The molecule has 6 heteroatoms. The molecule has 0 radical (unpaired) electrons. The topological polar surface area (TPSA) is 76.1 Å². The van der Waals surface area contributed by atoms with Crippen LogP contribution in [0.5, 0.6) is 0 Å². The van der Waals surface area contributed by atoms with Crippen LogP contribution in [0.25, 0.3) is 0 Å². The number of carbonyl (C=O) groups excluding carboxylic acids is 2. The van der Waals surface area contributed by atoms with Crippen molar-refractivity contribution < 1.29 is 24.2 Å². The average Bonchev–Trinajstić information content (AvgIpc) is 2.32. The Labute approximate surface area is 126 Å². The molecular weight excluding hydrogens is 274 g/mol. The first-order valence-electron chi connectivity index (χ1n) is 7.55. The molecule has 122 valence electrons. The van der Waals surface area contributed by atoms with E-state index in [0.29, 0.717) is 32.4 Å². The molecule has 2 atom stereocenters. The van der Waals surface area contributed by atoms with Crippen LogP contribution < -0.4 is 0 Å².